The summed E-state index contributed by atoms with van der Waals surface area (Å²) in [6, 6.07) is 14.1. The molecule has 1 aromatic heterocycles. The molecule has 6 nitrogen and oxygen atoms in total. The molecule has 1 N–H and O–H groups in total. The van der Waals surface area contributed by atoms with Crippen LogP contribution in [-0.4, -0.2) is 33.7 Å². The highest BCUT2D eigenvalue weighted by molar-refractivity contribution is 6.11. The summed E-state index contributed by atoms with van der Waals surface area (Å²) in [5, 5.41) is 5.09. The Balaban J connectivity index is 1.24. The molecule has 156 valence electrons. The molecule has 31 heavy (non-hydrogen) atoms. The van der Waals surface area contributed by atoms with Gasteiger partial charge in [0, 0.05) is 34.0 Å². The summed E-state index contributed by atoms with van der Waals surface area (Å²) in [5.41, 5.74) is 2.94. The molecule has 2 aliphatic carbocycles. The van der Waals surface area contributed by atoms with Gasteiger partial charge in [0.25, 0.3) is 0 Å². The van der Waals surface area contributed by atoms with E-state index >= 15 is 0 Å². The van der Waals surface area contributed by atoms with Crippen LogP contribution in [0.4, 0.5) is 5.69 Å². The highest BCUT2D eigenvalue weighted by atomic mass is 16.2. The number of nitrogens with zero attached hydrogens (tertiary/aromatic N) is 2. The van der Waals surface area contributed by atoms with Gasteiger partial charge in [-0.3, -0.25) is 19.3 Å². The number of amides is 3. The van der Waals surface area contributed by atoms with Crippen molar-refractivity contribution in [3.63, 3.8) is 0 Å². The topological polar surface area (TPSA) is 71.4 Å². The van der Waals surface area contributed by atoms with Crippen molar-refractivity contribution in [3.8, 4) is 0 Å². The predicted molar refractivity (Wildman–Crippen MR) is 118 cm³/mol. The van der Waals surface area contributed by atoms with Crippen molar-refractivity contribution in [2.45, 2.75) is 19.9 Å². The third-order valence-electron chi connectivity index (χ3n) is 7.24. The largest absolute Gasteiger partial charge is 0.341 e. The Morgan fingerprint density at radius 1 is 0.968 bits per heavy atom. The molecule has 1 aliphatic heterocycles. The summed E-state index contributed by atoms with van der Waals surface area (Å²) in [4.78, 5) is 39.5. The molecular weight excluding hydrogens is 390 g/mol. The number of anilines is 1. The fraction of sp³-hybridized carbons (Fsp3) is 0.320. The van der Waals surface area contributed by atoms with Crippen LogP contribution in [0.15, 0.2) is 54.6 Å². The quantitative estimate of drug-likeness (QED) is 0.525. The van der Waals surface area contributed by atoms with Crippen LogP contribution in [0.5, 0.6) is 0 Å². The monoisotopic (exact) mass is 413 g/mol. The Kier molecular flexibility index (Phi) is 3.88. The zero-order valence-electron chi connectivity index (χ0n) is 17.2. The van der Waals surface area contributed by atoms with E-state index in [-0.39, 0.29) is 47.9 Å². The van der Waals surface area contributed by atoms with Crippen molar-refractivity contribution in [2.75, 3.05) is 11.9 Å². The molecule has 0 unspecified atom stereocenters. The third kappa shape index (κ3) is 2.54. The Hall–Kier alpha value is -3.41. The van der Waals surface area contributed by atoms with Crippen molar-refractivity contribution in [1.82, 2.24) is 9.47 Å². The molecule has 3 aliphatic rings. The molecule has 1 saturated carbocycles. The molecule has 3 amide bonds. The van der Waals surface area contributed by atoms with Gasteiger partial charge in [-0.1, -0.05) is 30.4 Å². The SMILES string of the molecule is CCn1c2ccccc2c2cc(NC(=O)CN3C(=O)[C@H]4[C@H](C3=O)[C@H]3C=C[C@H]4C3)ccc21. The van der Waals surface area contributed by atoms with Gasteiger partial charge < -0.3 is 9.88 Å². The van der Waals surface area contributed by atoms with Gasteiger partial charge in [0.1, 0.15) is 6.54 Å². The molecule has 2 fully saturated rings. The third-order valence-corrected chi connectivity index (χ3v) is 7.24. The molecule has 0 spiro atoms. The highest BCUT2D eigenvalue weighted by Crippen LogP contribution is 2.52. The Morgan fingerprint density at radius 3 is 2.35 bits per heavy atom. The molecular formula is C25H23N3O3. The van der Waals surface area contributed by atoms with E-state index in [2.05, 4.69) is 41.1 Å². The number of likely N-dealkylation sites (tertiary alicyclic amines) is 1. The Morgan fingerprint density at radius 2 is 1.65 bits per heavy atom. The number of benzene rings is 2. The number of nitrogens with one attached hydrogen (secondary N) is 1. The van der Waals surface area contributed by atoms with Crippen molar-refractivity contribution in [3.05, 3.63) is 54.6 Å². The number of aryl methyl sites for hydroxylation is 1. The molecule has 0 radical (unpaired) electrons. The summed E-state index contributed by atoms with van der Waals surface area (Å²) in [6.07, 6.45) is 5.00. The van der Waals surface area contributed by atoms with Gasteiger partial charge >= 0.3 is 0 Å². The fourth-order valence-electron chi connectivity index (χ4n) is 5.94. The van der Waals surface area contributed by atoms with E-state index in [0.29, 0.717) is 5.69 Å². The summed E-state index contributed by atoms with van der Waals surface area (Å²) in [6.45, 7) is 2.75. The average Bonchev–Trinajstić information content (AvgIpc) is 3.52. The lowest BCUT2D eigenvalue weighted by Gasteiger charge is -2.17. The lowest BCUT2D eigenvalue weighted by molar-refractivity contribution is -0.143. The first-order chi connectivity index (χ1) is 15.1. The summed E-state index contributed by atoms with van der Waals surface area (Å²) >= 11 is 0. The maximum Gasteiger partial charge on any atom is 0.244 e. The van der Waals surface area contributed by atoms with E-state index in [1.54, 1.807) is 0 Å². The summed E-state index contributed by atoms with van der Waals surface area (Å²) in [7, 11) is 0. The zero-order valence-corrected chi connectivity index (χ0v) is 17.2. The number of aromatic nitrogens is 1. The van der Waals surface area contributed by atoms with Crippen molar-refractivity contribution >= 4 is 45.2 Å². The molecule has 2 heterocycles. The number of fused-ring (bicyclic) bond motifs is 8. The number of hydrogen-bond acceptors (Lipinski definition) is 3. The van der Waals surface area contributed by atoms with Crippen LogP contribution in [-0.2, 0) is 20.9 Å². The van der Waals surface area contributed by atoms with Gasteiger partial charge in [0.05, 0.1) is 11.8 Å². The van der Waals surface area contributed by atoms with E-state index in [1.165, 1.54) is 0 Å². The van der Waals surface area contributed by atoms with Crippen LogP contribution in [0.1, 0.15) is 13.3 Å². The number of imide groups is 1. The second-order valence-corrected chi connectivity index (χ2v) is 8.80. The normalized spacial score (nSPS) is 26.4. The van der Waals surface area contributed by atoms with Crippen LogP contribution >= 0.6 is 0 Å². The van der Waals surface area contributed by atoms with Crippen LogP contribution in [0.25, 0.3) is 21.8 Å². The van der Waals surface area contributed by atoms with Crippen LogP contribution in [0.3, 0.4) is 0 Å². The standard InChI is InChI=1S/C25H23N3O3/c1-2-27-19-6-4-3-5-17(19)18-12-16(9-10-20(18)27)26-21(29)13-28-24(30)22-14-7-8-15(11-14)23(22)25(28)31/h3-10,12,14-15,22-23H,2,11,13H2,1H3,(H,26,29)/t14-,15-,22+,23+/m0/s1. The van der Waals surface area contributed by atoms with Crippen molar-refractivity contribution in [2.24, 2.45) is 23.7 Å². The fourth-order valence-corrected chi connectivity index (χ4v) is 5.94. The van der Waals surface area contributed by atoms with Gasteiger partial charge in [-0.15, -0.1) is 0 Å². The Labute approximate surface area is 179 Å². The van der Waals surface area contributed by atoms with Crippen LogP contribution < -0.4 is 5.32 Å². The Bertz CT molecular complexity index is 1270. The zero-order chi connectivity index (χ0) is 21.3. The molecule has 2 bridgehead atoms. The molecule has 6 rings (SSSR count). The maximum absolute atomic E-state index is 12.8. The van der Waals surface area contributed by atoms with Gasteiger partial charge in [0.2, 0.25) is 17.7 Å². The summed E-state index contributed by atoms with van der Waals surface area (Å²) in [5.74, 6) is -0.971. The number of carbonyl (C=O) groups excluding carboxylic acids is 3. The maximum atomic E-state index is 12.8. The number of para-hydroxylation sites is 1. The predicted octanol–water partition coefficient (Wildman–Crippen LogP) is 3.56. The number of rotatable bonds is 4. The van der Waals surface area contributed by atoms with Crippen LogP contribution in [0, 0.1) is 23.7 Å². The highest BCUT2D eigenvalue weighted by Gasteiger charge is 2.59. The van der Waals surface area contributed by atoms with Gasteiger partial charge in [-0.25, -0.2) is 0 Å². The van der Waals surface area contributed by atoms with Crippen LogP contribution in [0.2, 0.25) is 0 Å². The first-order valence-electron chi connectivity index (χ1n) is 10.9. The molecule has 2 aromatic carbocycles. The van der Waals surface area contributed by atoms with Gasteiger partial charge in [-0.2, -0.15) is 0 Å². The lowest BCUT2D eigenvalue weighted by atomic mass is 9.85. The second kappa shape index (κ2) is 6.54. The minimum absolute atomic E-state index is 0.151. The molecule has 3 aromatic rings. The summed E-state index contributed by atoms with van der Waals surface area (Å²) < 4.78 is 2.25. The average molecular weight is 413 g/mol. The molecule has 1 saturated heterocycles. The lowest BCUT2D eigenvalue weighted by Crippen LogP contribution is -2.39. The van der Waals surface area contributed by atoms with E-state index in [9.17, 15) is 14.4 Å². The minimum Gasteiger partial charge on any atom is -0.341 e. The van der Waals surface area contributed by atoms with E-state index in [0.717, 1.165) is 39.7 Å². The first-order valence-corrected chi connectivity index (χ1v) is 10.9. The van der Waals surface area contributed by atoms with Crippen molar-refractivity contribution < 1.29 is 14.4 Å². The van der Waals surface area contributed by atoms with Crippen molar-refractivity contribution in [1.29, 1.82) is 0 Å². The second-order valence-electron chi connectivity index (χ2n) is 8.80. The van der Waals surface area contributed by atoms with Gasteiger partial charge in [-0.05, 0) is 49.4 Å². The van der Waals surface area contributed by atoms with Gasteiger partial charge in [0.15, 0.2) is 0 Å². The number of hydrogen-bond donors (Lipinski definition) is 1. The van der Waals surface area contributed by atoms with E-state index in [1.807, 2.05) is 30.3 Å². The smallest absolute Gasteiger partial charge is 0.244 e. The van der Waals surface area contributed by atoms with E-state index in [4.69, 9.17) is 0 Å². The number of carbonyl (C=O) groups is 3. The minimum atomic E-state index is -0.347. The first kappa shape index (κ1) is 18.4. The number of allylic oxidation sites excluding steroid dienone is 2. The molecule has 4 atom stereocenters. The van der Waals surface area contributed by atoms with E-state index < -0.39 is 0 Å². The molecule has 6 heteroatoms.